The molecule has 0 spiro atoms. The van der Waals surface area contributed by atoms with Gasteiger partial charge in [0.2, 0.25) is 0 Å². The predicted octanol–water partition coefficient (Wildman–Crippen LogP) is 6.29. The summed E-state index contributed by atoms with van der Waals surface area (Å²) in [5.74, 6) is 1.78. The van der Waals surface area contributed by atoms with Crippen molar-refractivity contribution in [2.24, 2.45) is 0 Å². The SMILES string of the molecule is Cc1cc(C(=O)CSc2nnc(COc3ccccc3Cl)n2C2CC2)c(C)n1Cc1ccccc1. The van der Waals surface area contributed by atoms with E-state index in [0.717, 1.165) is 47.3 Å². The number of ether oxygens (including phenoxy) is 1. The van der Waals surface area contributed by atoms with Gasteiger partial charge in [0.15, 0.2) is 16.8 Å². The van der Waals surface area contributed by atoms with Crippen LogP contribution in [0.25, 0.3) is 0 Å². The van der Waals surface area contributed by atoms with Crippen LogP contribution < -0.4 is 4.74 Å². The van der Waals surface area contributed by atoms with E-state index in [9.17, 15) is 4.79 Å². The summed E-state index contributed by atoms with van der Waals surface area (Å²) in [7, 11) is 0. The normalized spacial score (nSPS) is 13.2. The second-order valence-electron chi connectivity index (χ2n) is 8.79. The van der Waals surface area contributed by atoms with Crippen LogP contribution in [0.4, 0.5) is 0 Å². The van der Waals surface area contributed by atoms with Gasteiger partial charge in [-0.1, -0.05) is 65.8 Å². The number of hydrogen-bond acceptors (Lipinski definition) is 5. The highest BCUT2D eigenvalue weighted by Gasteiger charge is 2.30. The highest BCUT2D eigenvalue weighted by Crippen LogP contribution is 2.39. The standard InChI is InChI=1S/C27H27ClN4O2S/c1-18-14-22(19(2)31(18)15-20-8-4-3-5-9-20)24(33)17-35-27-30-29-26(32(27)21-12-13-21)16-34-25-11-7-6-10-23(25)28/h3-11,14,21H,12-13,15-17H2,1-2H3. The third kappa shape index (κ3) is 5.31. The van der Waals surface area contributed by atoms with Gasteiger partial charge in [-0.3, -0.25) is 9.36 Å². The smallest absolute Gasteiger partial charge is 0.192 e. The van der Waals surface area contributed by atoms with E-state index in [4.69, 9.17) is 16.3 Å². The average Bonchev–Trinajstić information content (AvgIpc) is 3.57. The molecule has 0 aliphatic heterocycles. The van der Waals surface area contributed by atoms with Crippen molar-refractivity contribution in [2.45, 2.75) is 51.0 Å². The van der Waals surface area contributed by atoms with Crippen LogP contribution in [0.15, 0.2) is 65.8 Å². The molecule has 1 fully saturated rings. The van der Waals surface area contributed by atoms with Crippen molar-refractivity contribution in [2.75, 3.05) is 5.75 Å². The lowest BCUT2D eigenvalue weighted by Crippen LogP contribution is -2.09. The van der Waals surface area contributed by atoms with E-state index in [2.05, 4.69) is 38.4 Å². The number of aromatic nitrogens is 4. The summed E-state index contributed by atoms with van der Waals surface area (Å²) < 4.78 is 10.2. The Labute approximate surface area is 214 Å². The molecule has 180 valence electrons. The summed E-state index contributed by atoms with van der Waals surface area (Å²) in [6.07, 6.45) is 2.17. The Hall–Kier alpha value is -3.03. The van der Waals surface area contributed by atoms with Crippen molar-refractivity contribution in [3.63, 3.8) is 0 Å². The van der Waals surface area contributed by atoms with E-state index < -0.39 is 0 Å². The quantitative estimate of drug-likeness (QED) is 0.187. The second kappa shape index (κ2) is 10.3. The number of Topliss-reactive ketones (excluding diaryl/α,β-unsaturated/α-hetero) is 1. The molecule has 0 radical (unpaired) electrons. The number of ketones is 1. The molecule has 1 aliphatic carbocycles. The fourth-order valence-electron chi connectivity index (χ4n) is 4.21. The van der Waals surface area contributed by atoms with Gasteiger partial charge in [0.1, 0.15) is 12.4 Å². The van der Waals surface area contributed by atoms with Crippen molar-refractivity contribution in [3.05, 3.63) is 94.0 Å². The van der Waals surface area contributed by atoms with E-state index in [-0.39, 0.29) is 12.4 Å². The molecule has 0 unspecified atom stereocenters. The third-order valence-electron chi connectivity index (χ3n) is 6.23. The molecule has 2 heterocycles. The number of rotatable bonds is 10. The van der Waals surface area contributed by atoms with Crippen LogP contribution in [0.1, 0.15) is 52.0 Å². The second-order valence-corrected chi connectivity index (χ2v) is 10.1. The number of halogens is 1. The van der Waals surface area contributed by atoms with E-state index in [1.807, 2.05) is 49.4 Å². The molecule has 35 heavy (non-hydrogen) atoms. The fraction of sp³-hybridized carbons (Fsp3) is 0.296. The lowest BCUT2D eigenvalue weighted by atomic mass is 10.2. The molecule has 0 N–H and O–H groups in total. The number of carbonyl (C=O) groups is 1. The molecule has 6 nitrogen and oxygen atoms in total. The van der Waals surface area contributed by atoms with E-state index in [1.165, 1.54) is 17.3 Å². The highest BCUT2D eigenvalue weighted by molar-refractivity contribution is 7.99. The number of nitrogens with zero attached hydrogens (tertiary/aromatic N) is 4. The van der Waals surface area contributed by atoms with Gasteiger partial charge in [0.25, 0.3) is 0 Å². The summed E-state index contributed by atoms with van der Waals surface area (Å²) in [6, 6.07) is 20.0. The maximum absolute atomic E-state index is 13.2. The van der Waals surface area contributed by atoms with Crippen molar-refractivity contribution in [1.82, 2.24) is 19.3 Å². The van der Waals surface area contributed by atoms with E-state index in [0.29, 0.717) is 22.6 Å². The molecule has 0 saturated heterocycles. The molecule has 4 aromatic rings. The minimum atomic E-state index is 0.0987. The van der Waals surface area contributed by atoms with Crippen LogP contribution in [0, 0.1) is 13.8 Å². The van der Waals surface area contributed by atoms with E-state index >= 15 is 0 Å². The molecule has 5 rings (SSSR count). The van der Waals surface area contributed by atoms with Crippen LogP contribution in [-0.2, 0) is 13.2 Å². The molecular weight excluding hydrogens is 480 g/mol. The molecular formula is C27H27ClN4O2S. The van der Waals surface area contributed by atoms with Gasteiger partial charge >= 0.3 is 0 Å². The first kappa shape index (κ1) is 23.7. The Morgan fingerprint density at radius 1 is 1.09 bits per heavy atom. The highest BCUT2D eigenvalue weighted by atomic mass is 35.5. The molecule has 1 aliphatic rings. The Kier molecular flexibility index (Phi) is 6.97. The molecule has 2 aromatic carbocycles. The topological polar surface area (TPSA) is 61.9 Å². The van der Waals surface area contributed by atoms with Gasteiger partial charge in [-0.25, -0.2) is 0 Å². The van der Waals surface area contributed by atoms with Gasteiger partial charge < -0.3 is 9.30 Å². The number of hydrogen-bond donors (Lipinski definition) is 0. The number of carbonyl (C=O) groups excluding carboxylic acids is 1. The van der Waals surface area contributed by atoms with Crippen LogP contribution in [-0.4, -0.2) is 30.9 Å². The fourth-order valence-corrected chi connectivity index (χ4v) is 5.31. The molecule has 0 bridgehead atoms. The van der Waals surface area contributed by atoms with Gasteiger partial charge in [-0.15, -0.1) is 10.2 Å². The Bertz CT molecular complexity index is 1340. The zero-order valence-corrected chi connectivity index (χ0v) is 21.4. The van der Waals surface area contributed by atoms with Crippen molar-refractivity contribution >= 4 is 29.1 Å². The van der Waals surface area contributed by atoms with Gasteiger partial charge in [-0.2, -0.15) is 0 Å². The summed E-state index contributed by atoms with van der Waals surface area (Å²) >= 11 is 7.65. The largest absolute Gasteiger partial charge is 0.484 e. The average molecular weight is 507 g/mol. The number of para-hydroxylation sites is 1. The predicted molar refractivity (Wildman–Crippen MR) is 139 cm³/mol. The van der Waals surface area contributed by atoms with E-state index in [1.54, 1.807) is 6.07 Å². The van der Waals surface area contributed by atoms with Crippen LogP contribution in [0.3, 0.4) is 0 Å². The van der Waals surface area contributed by atoms with Crippen LogP contribution in [0.5, 0.6) is 5.75 Å². The van der Waals surface area contributed by atoms with Gasteiger partial charge in [-0.05, 0) is 50.5 Å². The zero-order chi connectivity index (χ0) is 24.4. The first-order valence-corrected chi connectivity index (χ1v) is 13.1. The van der Waals surface area contributed by atoms with Crippen LogP contribution in [0.2, 0.25) is 5.02 Å². The minimum absolute atomic E-state index is 0.0987. The number of thioether (sulfide) groups is 1. The maximum atomic E-state index is 13.2. The summed E-state index contributed by atoms with van der Waals surface area (Å²) in [5.41, 5.74) is 4.06. The monoisotopic (exact) mass is 506 g/mol. The lowest BCUT2D eigenvalue weighted by Gasteiger charge is -2.11. The zero-order valence-electron chi connectivity index (χ0n) is 19.8. The third-order valence-corrected chi connectivity index (χ3v) is 7.49. The molecule has 8 heteroatoms. The summed E-state index contributed by atoms with van der Waals surface area (Å²) in [4.78, 5) is 13.2. The molecule has 0 amide bonds. The number of benzene rings is 2. The van der Waals surface area contributed by atoms with Gasteiger partial charge in [0, 0.05) is 29.5 Å². The van der Waals surface area contributed by atoms with Crippen molar-refractivity contribution in [3.8, 4) is 5.75 Å². The van der Waals surface area contributed by atoms with Gasteiger partial charge in [0.05, 0.1) is 10.8 Å². The Morgan fingerprint density at radius 3 is 2.57 bits per heavy atom. The molecule has 1 saturated carbocycles. The number of aryl methyl sites for hydroxylation is 1. The lowest BCUT2D eigenvalue weighted by molar-refractivity contribution is 0.102. The first-order valence-electron chi connectivity index (χ1n) is 11.7. The van der Waals surface area contributed by atoms with Crippen LogP contribution >= 0.6 is 23.4 Å². The molecule has 2 aromatic heterocycles. The molecule has 0 atom stereocenters. The van der Waals surface area contributed by atoms with Crippen molar-refractivity contribution < 1.29 is 9.53 Å². The Morgan fingerprint density at radius 2 is 1.83 bits per heavy atom. The summed E-state index contributed by atoms with van der Waals surface area (Å²) in [5, 5.41) is 10.1. The maximum Gasteiger partial charge on any atom is 0.192 e. The Balaban J connectivity index is 1.27. The minimum Gasteiger partial charge on any atom is -0.484 e. The summed E-state index contributed by atoms with van der Waals surface area (Å²) in [6.45, 7) is 5.10. The first-order chi connectivity index (χ1) is 17.0. The van der Waals surface area contributed by atoms with Crippen molar-refractivity contribution in [1.29, 1.82) is 0 Å².